The summed E-state index contributed by atoms with van der Waals surface area (Å²) in [5.74, 6) is -0.469. The van der Waals surface area contributed by atoms with Crippen LogP contribution in [0.5, 0.6) is 0 Å². The molecule has 1 heterocycles. The minimum atomic E-state index is -0.582. The Morgan fingerprint density at radius 1 is 1.55 bits per heavy atom. The molecule has 1 aromatic rings. The predicted octanol–water partition coefficient (Wildman–Crippen LogP) is 1.47. The largest absolute Gasteiger partial charge is 0.399 e. The fraction of sp³-hybridized carbons (Fsp3) is 0.462. The Balaban J connectivity index is 2.16. The Kier molecular flexibility index (Phi) is 4.19. The molecule has 0 radical (unpaired) electrons. The Hall–Kier alpha value is -2.15. The van der Waals surface area contributed by atoms with E-state index in [1.54, 1.807) is 0 Å². The number of carbonyl (C=O) groups excluding carboxylic acids is 1. The second kappa shape index (κ2) is 5.87. The molecule has 1 aliphatic rings. The molecule has 1 aliphatic heterocycles. The topological polar surface area (TPSA) is 107 Å². The number of anilines is 1. The third-order valence-corrected chi connectivity index (χ3v) is 3.28. The van der Waals surface area contributed by atoms with E-state index in [4.69, 9.17) is 10.5 Å². The molecule has 1 fully saturated rings. The zero-order valence-corrected chi connectivity index (χ0v) is 11.2. The van der Waals surface area contributed by atoms with Gasteiger partial charge in [0, 0.05) is 24.4 Å². The van der Waals surface area contributed by atoms with Crippen molar-refractivity contribution >= 4 is 17.3 Å². The van der Waals surface area contributed by atoms with Gasteiger partial charge in [-0.1, -0.05) is 0 Å². The van der Waals surface area contributed by atoms with Gasteiger partial charge in [0.25, 0.3) is 11.6 Å². The van der Waals surface area contributed by atoms with Gasteiger partial charge in [-0.25, -0.2) is 0 Å². The molecule has 0 aliphatic carbocycles. The van der Waals surface area contributed by atoms with Crippen molar-refractivity contribution in [3.8, 4) is 0 Å². The number of benzene rings is 1. The van der Waals surface area contributed by atoms with Crippen LogP contribution in [-0.2, 0) is 4.74 Å². The molecule has 7 heteroatoms. The third-order valence-electron chi connectivity index (χ3n) is 3.28. The summed E-state index contributed by atoms with van der Waals surface area (Å²) in [5.41, 5.74) is 5.67. The molecule has 0 aromatic heterocycles. The number of ether oxygens (including phenoxy) is 1. The van der Waals surface area contributed by atoms with Gasteiger partial charge in [-0.2, -0.15) is 0 Å². The molecule has 7 nitrogen and oxygen atoms in total. The van der Waals surface area contributed by atoms with Gasteiger partial charge < -0.3 is 15.8 Å². The average molecular weight is 279 g/mol. The zero-order chi connectivity index (χ0) is 14.7. The number of hydrogen-bond donors (Lipinski definition) is 2. The van der Waals surface area contributed by atoms with Crippen LogP contribution in [0.4, 0.5) is 11.4 Å². The molecule has 1 saturated heterocycles. The first-order valence-electron chi connectivity index (χ1n) is 6.43. The van der Waals surface area contributed by atoms with Crippen LogP contribution in [-0.4, -0.2) is 29.6 Å². The molecule has 0 bridgehead atoms. The zero-order valence-electron chi connectivity index (χ0n) is 11.2. The number of nitrogen functional groups attached to an aromatic ring is 1. The van der Waals surface area contributed by atoms with E-state index in [-0.39, 0.29) is 23.4 Å². The van der Waals surface area contributed by atoms with E-state index < -0.39 is 10.8 Å². The second-order valence-electron chi connectivity index (χ2n) is 4.91. The van der Waals surface area contributed by atoms with Crippen LogP contribution < -0.4 is 11.1 Å². The van der Waals surface area contributed by atoms with Crippen molar-refractivity contribution in [3.63, 3.8) is 0 Å². The Morgan fingerprint density at radius 3 is 2.95 bits per heavy atom. The summed E-state index contributed by atoms with van der Waals surface area (Å²) < 4.78 is 5.40. The SMILES string of the molecule is CC1CC(NC(=O)c2cc(N)ccc2[N+](=O)[O-])CCO1. The number of nitrogens with two attached hydrogens (primary N) is 1. The minimum Gasteiger partial charge on any atom is -0.399 e. The van der Waals surface area contributed by atoms with Crippen LogP contribution in [0, 0.1) is 10.1 Å². The van der Waals surface area contributed by atoms with Gasteiger partial charge >= 0.3 is 0 Å². The number of nitro benzene ring substituents is 1. The van der Waals surface area contributed by atoms with E-state index in [0.717, 1.165) is 0 Å². The third kappa shape index (κ3) is 3.24. The molecular weight excluding hydrogens is 262 g/mol. The number of nitrogens with zero attached hydrogens (tertiary/aromatic N) is 1. The van der Waals surface area contributed by atoms with Gasteiger partial charge in [0.05, 0.1) is 11.0 Å². The first-order chi connectivity index (χ1) is 9.47. The van der Waals surface area contributed by atoms with Crippen molar-refractivity contribution in [2.75, 3.05) is 12.3 Å². The van der Waals surface area contributed by atoms with Crippen molar-refractivity contribution in [2.45, 2.75) is 31.9 Å². The maximum atomic E-state index is 12.2. The summed E-state index contributed by atoms with van der Waals surface area (Å²) in [6.07, 6.45) is 1.47. The lowest BCUT2D eigenvalue weighted by atomic mass is 10.0. The summed E-state index contributed by atoms with van der Waals surface area (Å²) in [6, 6.07) is 3.95. The number of hydrogen-bond acceptors (Lipinski definition) is 5. The lowest BCUT2D eigenvalue weighted by Crippen LogP contribution is -2.41. The summed E-state index contributed by atoms with van der Waals surface area (Å²) in [4.78, 5) is 22.5. The first kappa shape index (κ1) is 14.3. The maximum absolute atomic E-state index is 12.2. The van der Waals surface area contributed by atoms with Crippen LogP contribution in [0.25, 0.3) is 0 Å². The molecule has 1 amide bonds. The van der Waals surface area contributed by atoms with E-state index >= 15 is 0 Å². The van der Waals surface area contributed by atoms with Crippen LogP contribution in [0.3, 0.4) is 0 Å². The van der Waals surface area contributed by atoms with Gasteiger partial charge in [-0.15, -0.1) is 0 Å². The van der Waals surface area contributed by atoms with Crippen LogP contribution in [0.15, 0.2) is 18.2 Å². The van der Waals surface area contributed by atoms with Crippen molar-refractivity contribution in [1.29, 1.82) is 0 Å². The van der Waals surface area contributed by atoms with Gasteiger partial charge in [0.15, 0.2) is 0 Å². The van der Waals surface area contributed by atoms with E-state index in [2.05, 4.69) is 5.32 Å². The summed E-state index contributed by atoms with van der Waals surface area (Å²) in [6.45, 7) is 2.51. The molecule has 1 aromatic carbocycles. The Labute approximate surface area is 116 Å². The highest BCUT2D eigenvalue weighted by Gasteiger charge is 2.25. The smallest absolute Gasteiger partial charge is 0.282 e. The van der Waals surface area contributed by atoms with Gasteiger partial charge in [-0.3, -0.25) is 14.9 Å². The molecule has 2 unspecified atom stereocenters. The number of rotatable bonds is 3. The fourth-order valence-electron chi connectivity index (χ4n) is 2.29. The Bertz CT molecular complexity index is 532. The molecule has 3 N–H and O–H groups in total. The summed E-state index contributed by atoms with van der Waals surface area (Å²) >= 11 is 0. The highest BCUT2D eigenvalue weighted by atomic mass is 16.6. The monoisotopic (exact) mass is 279 g/mol. The Morgan fingerprint density at radius 2 is 2.30 bits per heavy atom. The minimum absolute atomic E-state index is 0.00542. The molecule has 20 heavy (non-hydrogen) atoms. The van der Waals surface area contributed by atoms with Crippen molar-refractivity contribution in [2.24, 2.45) is 0 Å². The highest BCUT2D eigenvalue weighted by Crippen LogP contribution is 2.22. The quantitative estimate of drug-likeness (QED) is 0.495. The van der Waals surface area contributed by atoms with Gasteiger partial charge in [-0.05, 0) is 31.9 Å². The van der Waals surface area contributed by atoms with E-state index in [9.17, 15) is 14.9 Å². The van der Waals surface area contributed by atoms with E-state index in [1.165, 1.54) is 18.2 Å². The number of nitro groups is 1. The second-order valence-corrected chi connectivity index (χ2v) is 4.91. The van der Waals surface area contributed by atoms with Crippen molar-refractivity contribution < 1.29 is 14.5 Å². The predicted molar refractivity (Wildman–Crippen MR) is 73.4 cm³/mol. The normalized spacial score (nSPS) is 22.2. The molecule has 108 valence electrons. The van der Waals surface area contributed by atoms with Crippen molar-refractivity contribution in [3.05, 3.63) is 33.9 Å². The molecule has 2 atom stereocenters. The van der Waals surface area contributed by atoms with Gasteiger partial charge in [0.2, 0.25) is 0 Å². The van der Waals surface area contributed by atoms with Crippen LogP contribution >= 0.6 is 0 Å². The standard InChI is InChI=1S/C13H17N3O4/c1-8-6-10(4-5-20-8)15-13(17)11-7-9(14)2-3-12(11)16(18)19/h2-3,7-8,10H,4-6,14H2,1H3,(H,15,17). The number of amides is 1. The fourth-order valence-corrected chi connectivity index (χ4v) is 2.29. The first-order valence-corrected chi connectivity index (χ1v) is 6.43. The van der Waals surface area contributed by atoms with E-state index in [0.29, 0.717) is 25.1 Å². The lowest BCUT2D eigenvalue weighted by Gasteiger charge is -2.27. The van der Waals surface area contributed by atoms with Crippen LogP contribution in [0.2, 0.25) is 0 Å². The highest BCUT2D eigenvalue weighted by molar-refractivity contribution is 5.99. The van der Waals surface area contributed by atoms with Gasteiger partial charge in [0.1, 0.15) is 5.56 Å². The van der Waals surface area contributed by atoms with Crippen molar-refractivity contribution in [1.82, 2.24) is 5.32 Å². The van der Waals surface area contributed by atoms with Crippen LogP contribution in [0.1, 0.15) is 30.1 Å². The lowest BCUT2D eigenvalue weighted by molar-refractivity contribution is -0.385. The molecule has 2 rings (SSSR count). The van der Waals surface area contributed by atoms with E-state index in [1.807, 2.05) is 6.92 Å². The number of carbonyl (C=O) groups is 1. The maximum Gasteiger partial charge on any atom is 0.282 e. The number of nitrogens with one attached hydrogen (secondary N) is 1. The molecule has 0 spiro atoms. The molecular formula is C13H17N3O4. The average Bonchev–Trinajstić information content (AvgIpc) is 2.38. The summed E-state index contributed by atoms with van der Waals surface area (Å²) in [5, 5.41) is 13.8. The summed E-state index contributed by atoms with van der Waals surface area (Å²) in [7, 11) is 0. The molecule has 0 saturated carbocycles.